The molecular weight excluding hydrogens is 250 g/mol. The van der Waals surface area contributed by atoms with E-state index in [4.69, 9.17) is 0 Å². The molecule has 18 heavy (non-hydrogen) atoms. The van der Waals surface area contributed by atoms with E-state index in [2.05, 4.69) is 0 Å². The number of non-ortho nitro benzene ring substituents is 1. The zero-order chi connectivity index (χ0) is 13.1. The third-order valence-corrected chi connectivity index (χ3v) is 3.39. The molecule has 0 spiro atoms. The number of ketones is 1. The fourth-order valence-corrected chi connectivity index (χ4v) is 2.41. The predicted molar refractivity (Wildman–Crippen MR) is 70.2 cm³/mol. The average molecular weight is 261 g/mol. The molecule has 1 heterocycles. The maximum Gasteiger partial charge on any atom is 0.270 e. The van der Waals surface area contributed by atoms with Crippen molar-refractivity contribution in [2.45, 2.75) is 13.3 Å². The highest BCUT2D eigenvalue weighted by Crippen LogP contribution is 2.19. The van der Waals surface area contributed by atoms with Crippen molar-refractivity contribution in [1.29, 1.82) is 0 Å². The zero-order valence-corrected chi connectivity index (χ0v) is 10.6. The van der Waals surface area contributed by atoms with Crippen LogP contribution in [0.4, 0.5) is 5.69 Å². The Labute approximate surface area is 108 Å². The summed E-state index contributed by atoms with van der Waals surface area (Å²) >= 11 is 1.51. The van der Waals surface area contributed by atoms with Gasteiger partial charge in [0.1, 0.15) is 0 Å². The summed E-state index contributed by atoms with van der Waals surface area (Å²) in [6.45, 7) is 1.74. The number of hydrogen-bond donors (Lipinski definition) is 0. The number of carbonyl (C=O) groups excluding carboxylic acids is 1. The van der Waals surface area contributed by atoms with Gasteiger partial charge in [-0.1, -0.05) is 6.07 Å². The Kier molecular flexibility index (Phi) is 3.53. The van der Waals surface area contributed by atoms with Gasteiger partial charge in [-0.15, -0.1) is 11.3 Å². The minimum atomic E-state index is -0.477. The Morgan fingerprint density at radius 3 is 2.78 bits per heavy atom. The summed E-state index contributed by atoms with van der Waals surface area (Å²) in [6, 6.07) is 8.24. The van der Waals surface area contributed by atoms with Crippen molar-refractivity contribution >= 4 is 22.8 Å². The number of nitro benzene ring substituents is 1. The first-order chi connectivity index (χ1) is 8.56. The smallest absolute Gasteiger partial charge is 0.270 e. The average Bonchev–Trinajstić information content (AvgIpc) is 2.80. The monoisotopic (exact) mass is 261 g/mol. The summed E-state index contributed by atoms with van der Waals surface area (Å²) in [4.78, 5) is 23.2. The van der Waals surface area contributed by atoms with Crippen LogP contribution in [0.3, 0.4) is 0 Å². The molecular formula is C13H11NO3S. The van der Waals surface area contributed by atoms with E-state index in [0.717, 1.165) is 10.4 Å². The van der Waals surface area contributed by atoms with Crippen LogP contribution in [-0.2, 0) is 6.42 Å². The van der Waals surface area contributed by atoms with Gasteiger partial charge in [0.2, 0.25) is 0 Å². The molecule has 0 atom stereocenters. The van der Waals surface area contributed by atoms with Crippen LogP contribution in [0.25, 0.3) is 0 Å². The lowest BCUT2D eigenvalue weighted by Crippen LogP contribution is -2.03. The Morgan fingerprint density at radius 1 is 1.39 bits per heavy atom. The molecule has 92 valence electrons. The molecule has 0 saturated heterocycles. The summed E-state index contributed by atoms with van der Waals surface area (Å²) in [6.07, 6.45) is 0.290. The molecule has 2 rings (SSSR count). The first kappa shape index (κ1) is 12.4. The Hall–Kier alpha value is -2.01. The van der Waals surface area contributed by atoms with E-state index in [9.17, 15) is 14.9 Å². The van der Waals surface area contributed by atoms with Gasteiger partial charge in [-0.3, -0.25) is 14.9 Å². The summed E-state index contributed by atoms with van der Waals surface area (Å²) in [5.74, 6) is -0.0933. The number of nitrogens with zero attached hydrogens (tertiary/aromatic N) is 1. The van der Waals surface area contributed by atoms with Crippen LogP contribution in [0, 0.1) is 17.0 Å². The quantitative estimate of drug-likeness (QED) is 0.481. The molecule has 0 aliphatic rings. The Bertz CT molecular complexity index is 590. The van der Waals surface area contributed by atoms with Crippen molar-refractivity contribution in [3.63, 3.8) is 0 Å². The second-order valence-corrected chi connectivity index (χ2v) is 5.03. The second-order valence-electron chi connectivity index (χ2n) is 3.99. The summed E-state index contributed by atoms with van der Waals surface area (Å²) < 4.78 is 0. The summed E-state index contributed by atoms with van der Waals surface area (Å²) in [5.41, 5.74) is 1.08. The number of carbonyl (C=O) groups is 1. The van der Waals surface area contributed by atoms with Gasteiger partial charge in [0.25, 0.3) is 5.69 Å². The first-order valence-electron chi connectivity index (χ1n) is 5.38. The van der Waals surface area contributed by atoms with Crippen LogP contribution < -0.4 is 0 Å². The van der Waals surface area contributed by atoms with Crippen molar-refractivity contribution in [3.8, 4) is 0 Å². The van der Waals surface area contributed by atoms with Gasteiger partial charge in [-0.05, 0) is 30.0 Å². The van der Waals surface area contributed by atoms with Crippen LogP contribution in [0.5, 0.6) is 0 Å². The second kappa shape index (κ2) is 5.10. The molecule has 0 unspecified atom stereocenters. The number of hydrogen-bond acceptors (Lipinski definition) is 4. The van der Waals surface area contributed by atoms with Crippen LogP contribution in [0.1, 0.15) is 20.8 Å². The molecule has 2 aromatic rings. The maximum atomic E-state index is 12.0. The minimum Gasteiger partial charge on any atom is -0.294 e. The molecule has 0 fully saturated rings. The van der Waals surface area contributed by atoms with Crippen LogP contribution in [0.15, 0.2) is 35.7 Å². The molecule has 0 aliphatic carbocycles. The van der Waals surface area contributed by atoms with Gasteiger partial charge in [0.05, 0.1) is 4.92 Å². The van der Waals surface area contributed by atoms with Crippen LogP contribution >= 0.6 is 11.3 Å². The third-order valence-electron chi connectivity index (χ3n) is 2.51. The number of Topliss-reactive ketones (excluding diaryl/α,β-unsaturated/α-hetero) is 1. The molecule has 0 aliphatic heterocycles. The molecule has 0 amide bonds. The highest BCUT2D eigenvalue weighted by molar-refractivity contribution is 7.10. The van der Waals surface area contributed by atoms with Gasteiger partial charge < -0.3 is 0 Å². The molecule has 5 heteroatoms. The largest absolute Gasteiger partial charge is 0.294 e. The van der Waals surface area contributed by atoms with Crippen molar-refractivity contribution in [2.24, 2.45) is 0 Å². The maximum absolute atomic E-state index is 12.0. The molecule has 0 radical (unpaired) electrons. The lowest BCUT2D eigenvalue weighted by atomic mass is 10.0. The lowest BCUT2D eigenvalue weighted by molar-refractivity contribution is -0.384. The van der Waals surface area contributed by atoms with Crippen molar-refractivity contribution in [3.05, 3.63) is 61.8 Å². The van der Waals surface area contributed by atoms with E-state index < -0.39 is 4.92 Å². The number of rotatable bonds is 4. The molecule has 0 N–H and O–H groups in total. The number of thiophene rings is 1. The van der Waals surface area contributed by atoms with E-state index >= 15 is 0 Å². The molecule has 0 bridgehead atoms. The van der Waals surface area contributed by atoms with Crippen LogP contribution in [0.2, 0.25) is 0 Å². The fraction of sp³-hybridized carbons (Fsp3) is 0.154. The number of aryl methyl sites for hydroxylation is 1. The summed E-state index contributed by atoms with van der Waals surface area (Å²) in [5, 5.41) is 12.6. The van der Waals surface area contributed by atoms with Crippen LogP contribution in [-0.4, -0.2) is 10.7 Å². The Morgan fingerprint density at radius 2 is 2.17 bits per heavy atom. The molecule has 1 aromatic heterocycles. The first-order valence-corrected chi connectivity index (χ1v) is 6.26. The van der Waals surface area contributed by atoms with Gasteiger partial charge in [-0.2, -0.15) is 0 Å². The number of nitro groups is 1. The SMILES string of the molecule is Cc1cc(C(=O)Cc2cccs2)cc([N+](=O)[O-])c1. The minimum absolute atomic E-state index is 0.0375. The number of benzene rings is 1. The summed E-state index contributed by atoms with van der Waals surface area (Å²) in [7, 11) is 0. The fourth-order valence-electron chi connectivity index (χ4n) is 1.70. The van der Waals surface area contributed by atoms with Crippen molar-refractivity contribution < 1.29 is 9.72 Å². The van der Waals surface area contributed by atoms with Gasteiger partial charge in [0.15, 0.2) is 5.78 Å². The molecule has 4 nitrogen and oxygen atoms in total. The normalized spacial score (nSPS) is 10.3. The molecule has 1 aromatic carbocycles. The van der Waals surface area contributed by atoms with E-state index in [-0.39, 0.29) is 17.9 Å². The lowest BCUT2D eigenvalue weighted by Gasteiger charge is -2.01. The topological polar surface area (TPSA) is 60.2 Å². The molecule has 0 saturated carbocycles. The predicted octanol–water partition coefficient (Wildman–Crippen LogP) is 3.39. The van der Waals surface area contributed by atoms with E-state index in [0.29, 0.717) is 5.56 Å². The van der Waals surface area contributed by atoms with E-state index in [1.54, 1.807) is 13.0 Å². The van der Waals surface area contributed by atoms with Gasteiger partial charge in [0, 0.05) is 29.0 Å². The standard InChI is InChI=1S/C13H11NO3S/c1-9-5-10(7-11(6-9)14(16)17)13(15)8-12-3-2-4-18-12/h2-7H,8H2,1H3. The van der Waals surface area contributed by atoms with Crippen molar-refractivity contribution in [1.82, 2.24) is 0 Å². The van der Waals surface area contributed by atoms with E-state index in [1.165, 1.54) is 23.5 Å². The highest BCUT2D eigenvalue weighted by atomic mass is 32.1. The Balaban J connectivity index is 2.27. The van der Waals surface area contributed by atoms with Gasteiger partial charge in [-0.25, -0.2) is 0 Å². The third kappa shape index (κ3) is 2.81. The highest BCUT2D eigenvalue weighted by Gasteiger charge is 2.13. The van der Waals surface area contributed by atoms with Gasteiger partial charge >= 0.3 is 0 Å². The van der Waals surface area contributed by atoms with E-state index in [1.807, 2.05) is 17.5 Å². The zero-order valence-electron chi connectivity index (χ0n) is 9.75. The van der Waals surface area contributed by atoms with Crippen molar-refractivity contribution in [2.75, 3.05) is 0 Å².